The maximum Gasteiger partial charge on any atom is 0.328 e. The second kappa shape index (κ2) is 4.84. The Morgan fingerprint density at radius 1 is 1.37 bits per heavy atom. The molecule has 1 aromatic heterocycles. The molecule has 0 saturated carbocycles. The average molecular weight is 257 g/mol. The van der Waals surface area contributed by atoms with E-state index in [0.717, 1.165) is 36.1 Å². The Hall–Kier alpha value is -2.17. The number of methoxy groups -OCH3 is 1. The Morgan fingerprint density at radius 2 is 2.21 bits per heavy atom. The van der Waals surface area contributed by atoms with Crippen LogP contribution in [0.5, 0.6) is 0 Å². The molecule has 0 bridgehead atoms. The minimum Gasteiger partial charge on any atom is -0.467 e. The summed E-state index contributed by atoms with van der Waals surface area (Å²) in [5, 5.41) is 0.973. The van der Waals surface area contributed by atoms with Crippen molar-refractivity contribution >= 4 is 22.7 Å². The lowest BCUT2D eigenvalue weighted by molar-refractivity contribution is -0.141. The summed E-state index contributed by atoms with van der Waals surface area (Å²) in [4.78, 5) is 22.5. The molecule has 1 atom stereocenters. The van der Waals surface area contributed by atoms with Crippen LogP contribution in [0.15, 0.2) is 30.6 Å². The molecule has 0 aliphatic carbocycles. The number of hydrogen-bond acceptors (Lipinski definition) is 5. The molecule has 5 heteroatoms. The number of ether oxygens (including phenoxy) is 1. The minimum atomic E-state index is -0.233. The Morgan fingerprint density at radius 3 is 3.05 bits per heavy atom. The standard InChI is InChI=1S/C14H15N3O2/c1-19-14(18)12-7-4-8-17(12)13-10-5-2-3-6-11(10)15-9-16-13/h2-3,5-6,9,12H,4,7-8H2,1H3. The number of carbonyl (C=O) groups is 1. The van der Waals surface area contributed by atoms with E-state index in [1.165, 1.54) is 7.11 Å². The van der Waals surface area contributed by atoms with E-state index in [9.17, 15) is 4.79 Å². The first-order valence-corrected chi connectivity index (χ1v) is 6.35. The van der Waals surface area contributed by atoms with Gasteiger partial charge in [-0.3, -0.25) is 0 Å². The van der Waals surface area contributed by atoms with Crippen LogP contribution in [0.1, 0.15) is 12.8 Å². The van der Waals surface area contributed by atoms with Crippen LogP contribution in [-0.2, 0) is 9.53 Å². The summed E-state index contributed by atoms with van der Waals surface area (Å²) < 4.78 is 4.87. The van der Waals surface area contributed by atoms with Gasteiger partial charge < -0.3 is 9.64 Å². The molecule has 0 N–H and O–H groups in total. The number of aromatic nitrogens is 2. The van der Waals surface area contributed by atoms with E-state index in [1.807, 2.05) is 29.2 Å². The third kappa shape index (κ3) is 2.01. The first-order chi connectivity index (χ1) is 9.31. The Kier molecular flexibility index (Phi) is 3.03. The zero-order chi connectivity index (χ0) is 13.2. The first-order valence-electron chi connectivity index (χ1n) is 6.35. The van der Waals surface area contributed by atoms with Crippen molar-refractivity contribution in [3.63, 3.8) is 0 Å². The van der Waals surface area contributed by atoms with Crippen molar-refractivity contribution in [3.05, 3.63) is 30.6 Å². The van der Waals surface area contributed by atoms with Gasteiger partial charge in [-0.15, -0.1) is 0 Å². The third-order valence-electron chi connectivity index (χ3n) is 3.52. The van der Waals surface area contributed by atoms with E-state index in [0.29, 0.717) is 0 Å². The molecule has 1 aromatic carbocycles. The lowest BCUT2D eigenvalue weighted by atomic mass is 10.2. The van der Waals surface area contributed by atoms with Crippen molar-refractivity contribution in [2.24, 2.45) is 0 Å². The number of nitrogens with zero attached hydrogens (tertiary/aromatic N) is 3. The van der Waals surface area contributed by atoms with E-state index < -0.39 is 0 Å². The zero-order valence-corrected chi connectivity index (χ0v) is 10.7. The molecule has 0 radical (unpaired) electrons. The molecule has 5 nitrogen and oxygen atoms in total. The number of anilines is 1. The van der Waals surface area contributed by atoms with Gasteiger partial charge in [0, 0.05) is 11.9 Å². The fraction of sp³-hybridized carbons (Fsp3) is 0.357. The van der Waals surface area contributed by atoms with E-state index in [-0.39, 0.29) is 12.0 Å². The third-order valence-corrected chi connectivity index (χ3v) is 3.52. The summed E-state index contributed by atoms with van der Waals surface area (Å²) in [6.07, 6.45) is 3.33. The maximum absolute atomic E-state index is 11.8. The molecule has 3 rings (SSSR count). The fourth-order valence-electron chi connectivity index (χ4n) is 2.62. The first kappa shape index (κ1) is 11.9. The van der Waals surface area contributed by atoms with Gasteiger partial charge in [-0.25, -0.2) is 14.8 Å². The molecule has 1 fully saturated rings. The molecule has 1 saturated heterocycles. The fourth-order valence-corrected chi connectivity index (χ4v) is 2.62. The quantitative estimate of drug-likeness (QED) is 0.767. The lowest BCUT2D eigenvalue weighted by Crippen LogP contribution is -2.37. The van der Waals surface area contributed by atoms with Gasteiger partial charge in [0.25, 0.3) is 0 Å². The van der Waals surface area contributed by atoms with Gasteiger partial charge >= 0.3 is 5.97 Å². The molecule has 1 unspecified atom stereocenters. The van der Waals surface area contributed by atoms with Crippen LogP contribution in [0, 0.1) is 0 Å². The number of benzene rings is 1. The van der Waals surface area contributed by atoms with Gasteiger partial charge in [-0.05, 0) is 25.0 Å². The predicted molar refractivity (Wildman–Crippen MR) is 71.9 cm³/mol. The van der Waals surface area contributed by atoms with Gasteiger partial charge in [0.05, 0.1) is 12.6 Å². The van der Waals surface area contributed by atoms with Crippen LogP contribution in [0.25, 0.3) is 10.9 Å². The molecule has 98 valence electrons. The number of hydrogen-bond donors (Lipinski definition) is 0. The minimum absolute atomic E-state index is 0.194. The molecule has 2 aromatic rings. The molecule has 2 heterocycles. The number of carbonyl (C=O) groups excluding carboxylic acids is 1. The van der Waals surface area contributed by atoms with Crippen molar-refractivity contribution in [2.45, 2.75) is 18.9 Å². The van der Waals surface area contributed by atoms with Gasteiger partial charge in [0.15, 0.2) is 0 Å². The number of esters is 1. The monoisotopic (exact) mass is 257 g/mol. The smallest absolute Gasteiger partial charge is 0.328 e. The van der Waals surface area contributed by atoms with Crippen molar-refractivity contribution in [1.82, 2.24) is 9.97 Å². The highest BCUT2D eigenvalue weighted by molar-refractivity contribution is 5.91. The van der Waals surface area contributed by atoms with Gasteiger partial charge in [-0.2, -0.15) is 0 Å². The zero-order valence-electron chi connectivity index (χ0n) is 10.7. The van der Waals surface area contributed by atoms with E-state index >= 15 is 0 Å². The summed E-state index contributed by atoms with van der Waals surface area (Å²) in [6, 6.07) is 7.60. The molecule has 0 amide bonds. The summed E-state index contributed by atoms with van der Waals surface area (Å²) in [7, 11) is 1.43. The van der Waals surface area contributed by atoms with Crippen LogP contribution in [-0.4, -0.2) is 35.6 Å². The Balaban J connectivity index is 2.06. The predicted octanol–water partition coefficient (Wildman–Crippen LogP) is 1.77. The number of fused-ring (bicyclic) bond motifs is 1. The largest absolute Gasteiger partial charge is 0.467 e. The second-order valence-electron chi connectivity index (χ2n) is 4.59. The van der Waals surface area contributed by atoms with E-state index in [4.69, 9.17) is 4.74 Å². The van der Waals surface area contributed by atoms with Crippen molar-refractivity contribution in [2.75, 3.05) is 18.6 Å². The maximum atomic E-state index is 11.8. The summed E-state index contributed by atoms with van der Waals surface area (Å²) in [5.74, 6) is 0.624. The molecular formula is C14H15N3O2. The van der Waals surface area contributed by atoms with Crippen molar-refractivity contribution < 1.29 is 9.53 Å². The van der Waals surface area contributed by atoms with Crippen LogP contribution >= 0.6 is 0 Å². The van der Waals surface area contributed by atoms with Crippen molar-refractivity contribution in [3.8, 4) is 0 Å². The van der Waals surface area contributed by atoms with E-state index in [2.05, 4.69) is 9.97 Å². The molecule has 19 heavy (non-hydrogen) atoms. The normalized spacial score (nSPS) is 18.8. The topological polar surface area (TPSA) is 55.3 Å². The van der Waals surface area contributed by atoms with Crippen LogP contribution < -0.4 is 4.90 Å². The van der Waals surface area contributed by atoms with Crippen LogP contribution in [0.3, 0.4) is 0 Å². The number of rotatable bonds is 2. The molecule has 1 aliphatic heterocycles. The molecule has 0 spiro atoms. The molecular weight excluding hydrogens is 242 g/mol. The lowest BCUT2D eigenvalue weighted by Gasteiger charge is -2.24. The van der Waals surface area contributed by atoms with E-state index in [1.54, 1.807) is 6.33 Å². The Bertz CT molecular complexity index is 609. The van der Waals surface area contributed by atoms with Gasteiger partial charge in [0.2, 0.25) is 0 Å². The van der Waals surface area contributed by atoms with Crippen LogP contribution in [0.4, 0.5) is 5.82 Å². The van der Waals surface area contributed by atoms with Gasteiger partial charge in [-0.1, -0.05) is 12.1 Å². The Labute approximate surface area is 111 Å². The summed E-state index contributed by atoms with van der Waals surface area (Å²) in [6.45, 7) is 0.820. The van der Waals surface area contributed by atoms with Crippen molar-refractivity contribution in [1.29, 1.82) is 0 Å². The highest BCUT2D eigenvalue weighted by Gasteiger charge is 2.33. The highest BCUT2D eigenvalue weighted by Crippen LogP contribution is 2.29. The number of para-hydroxylation sites is 1. The average Bonchev–Trinajstić information content (AvgIpc) is 2.95. The second-order valence-corrected chi connectivity index (χ2v) is 4.59. The summed E-state index contributed by atoms with van der Waals surface area (Å²) >= 11 is 0. The SMILES string of the molecule is COC(=O)C1CCCN1c1ncnc2ccccc12. The summed E-state index contributed by atoms with van der Waals surface area (Å²) in [5.41, 5.74) is 0.892. The molecule has 1 aliphatic rings. The highest BCUT2D eigenvalue weighted by atomic mass is 16.5. The van der Waals surface area contributed by atoms with Crippen LogP contribution in [0.2, 0.25) is 0 Å². The van der Waals surface area contributed by atoms with Gasteiger partial charge in [0.1, 0.15) is 18.2 Å².